The summed E-state index contributed by atoms with van der Waals surface area (Å²) in [7, 11) is -3.59. The van der Waals surface area contributed by atoms with Crippen LogP contribution >= 0.6 is 22.9 Å². The molecule has 21 heavy (non-hydrogen) atoms. The first kappa shape index (κ1) is 16.3. The molecule has 114 valence electrons. The second kappa shape index (κ2) is 7.26. The number of hydrogen-bond acceptors (Lipinski definition) is 4. The van der Waals surface area contributed by atoms with Crippen molar-refractivity contribution in [1.29, 1.82) is 0 Å². The number of halogens is 1. The van der Waals surface area contributed by atoms with Crippen LogP contribution in [0.25, 0.3) is 0 Å². The van der Waals surface area contributed by atoms with E-state index in [-0.39, 0.29) is 4.21 Å². The molecular weight excluding hydrogens is 328 g/mol. The molecule has 2 rings (SSSR count). The highest BCUT2D eigenvalue weighted by Crippen LogP contribution is 2.26. The van der Waals surface area contributed by atoms with E-state index in [0.29, 0.717) is 17.3 Å². The van der Waals surface area contributed by atoms with E-state index in [4.69, 9.17) is 11.6 Å². The summed E-state index contributed by atoms with van der Waals surface area (Å²) in [5.74, 6) is 0. The summed E-state index contributed by atoms with van der Waals surface area (Å²) in [6.07, 6.45) is 1.04. The third kappa shape index (κ3) is 4.44. The van der Waals surface area contributed by atoms with Crippen LogP contribution in [0.3, 0.4) is 0 Å². The van der Waals surface area contributed by atoms with Gasteiger partial charge in [-0.2, -0.15) is 0 Å². The van der Waals surface area contributed by atoms with Gasteiger partial charge in [-0.3, -0.25) is 4.72 Å². The number of thiophene rings is 1. The van der Waals surface area contributed by atoms with E-state index in [1.807, 2.05) is 5.38 Å². The molecule has 0 unspecified atom stereocenters. The fourth-order valence-electron chi connectivity index (χ4n) is 1.74. The van der Waals surface area contributed by atoms with Gasteiger partial charge in [0, 0.05) is 6.54 Å². The lowest BCUT2D eigenvalue weighted by atomic mass is 10.3. The first-order valence-corrected chi connectivity index (χ1v) is 9.32. The predicted molar refractivity (Wildman–Crippen MR) is 88.6 cm³/mol. The standard InChI is InChI=1S/C14H17ClN2O2S2/c1-2-7-16-9-11-8-14(20-10-11)21(18,19)17-13-6-4-3-5-12(13)15/h3-6,8,10,16-17H,2,7,9H2,1H3. The Bertz CT molecular complexity index is 699. The first-order chi connectivity index (χ1) is 10.0. The Hall–Kier alpha value is -1.08. The minimum atomic E-state index is -3.59. The maximum atomic E-state index is 12.3. The molecule has 0 spiro atoms. The Labute approximate surface area is 134 Å². The van der Waals surface area contributed by atoms with Crippen molar-refractivity contribution in [2.24, 2.45) is 0 Å². The molecule has 0 aliphatic heterocycles. The molecule has 0 aliphatic rings. The molecule has 1 aromatic carbocycles. The number of para-hydroxylation sites is 1. The van der Waals surface area contributed by atoms with Gasteiger partial charge in [-0.15, -0.1) is 11.3 Å². The summed E-state index contributed by atoms with van der Waals surface area (Å²) in [4.78, 5) is 0. The van der Waals surface area contributed by atoms with Crippen LogP contribution in [-0.4, -0.2) is 15.0 Å². The molecule has 1 aromatic heterocycles. The smallest absolute Gasteiger partial charge is 0.271 e. The molecule has 0 aliphatic carbocycles. The Balaban J connectivity index is 2.11. The average molecular weight is 345 g/mol. The lowest BCUT2D eigenvalue weighted by Crippen LogP contribution is -2.14. The monoisotopic (exact) mass is 344 g/mol. The highest BCUT2D eigenvalue weighted by atomic mass is 35.5. The van der Waals surface area contributed by atoms with Gasteiger partial charge in [-0.05, 0) is 42.1 Å². The van der Waals surface area contributed by atoms with Gasteiger partial charge in [-0.1, -0.05) is 30.7 Å². The van der Waals surface area contributed by atoms with Crippen molar-refractivity contribution >= 4 is 38.6 Å². The van der Waals surface area contributed by atoms with Crippen LogP contribution in [0.4, 0.5) is 5.69 Å². The van der Waals surface area contributed by atoms with Crippen molar-refractivity contribution in [3.63, 3.8) is 0 Å². The van der Waals surface area contributed by atoms with Crippen molar-refractivity contribution in [3.8, 4) is 0 Å². The zero-order chi connectivity index (χ0) is 15.3. The summed E-state index contributed by atoms with van der Waals surface area (Å²) in [5.41, 5.74) is 1.35. The molecule has 0 saturated heterocycles. The first-order valence-electron chi connectivity index (χ1n) is 6.58. The Morgan fingerprint density at radius 2 is 2.05 bits per heavy atom. The summed E-state index contributed by atoms with van der Waals surface area (Å²) >= 11 is 7.18. The second-order valence-electron chi connectivity index (χ2n) is 4.54. The van der Waals surface area contributed by atoms with Gasteiger partial charge in [0.1, 0.15) is 4.21 Å². The predicted octanol–water partition coefficient (Wildman–Crippen LogP) is 3.70. The number of benzene rings is 1. The molecule has 0 radical (unpaired) electrons. The van der Waals surface area contributed by atoms with Gasteiger partial charge >= 0.3 is 0 Å². The molecule has 0 amide bonds. The maximum absolute atomic E-state index is 12.3. The normalized spacial score (nSPS) is 11.5. The summed E-state index contributed by atoms with van der Waals surface area (Å²) < 4.78 is 27.4. The molecule has 0 saturated carbocycles. The molecule has 7 heteroatoms. The highest BCUT2D eigenvalue weighted by molar-refractivity contribution is 7.94. The zero-order valence-corrected chi connectivity index (χ0v) is 14.0. The van der Waals surface area contributed by atoms with Gasteiger partial charge in [0.05, 0.1) is 10.7 Å². The Kier molecular flexibility index (Phi) is 5.64. The van der Waals surface area contributed by atoms with Gasteiger partial charge in [0.15, 0.2) is 0 Å². The van der Waals surface area contributed by atoms with E-state index in [1.165, 1.54) is 11.3 Å². The summed E-state index contributed by atoms with van der Waals surface area (Å²) in [5, 5.41) is 5.47. The van der Waals surface area contributed by atoms with Crippen molar-refractivity contribution in [2.75, 3.05) is 11.3 Å². The van der Waals surface area contributed by atoms with Gasteiger partial charge < -0.3 is 5.32 Å². The molecule has 2 aromatic rings. The zero-order valence-electron chi connectivity index (χ0n) is 11.6. The summed E-state index contributed by atoms with van der Waals surface area (Å²) in [6, 6.07) is 8.46. The van der Waals surface area contributed by atoms with E-state index >= 15 is 0 Å². The van der Waals surface area contributed by atoms with E-state index in [2.05, 4.69) is 17.0 Å². The SMILES string of the molecule is CCCNCc1csc(S(=O)(=O)Nc2ccccc2Cl)c1. The van der Waals surface area contributed by atoms with Crippen LogP contribution in [0.2, 0.25) is 5.02 Å². The molecule has 2 N–H and O–H groups in total. The van der Waals surface area contributed by atoms with Crippen LogP contribution in [0, 0.1) is 0 Å². The summed E-state index contributed by atoms with van der Waals surface area (Å²) in [6.45, 7) is 3.67. The van der Waals surface area contributed by atoms with E-state index in [0.717, 1.165) is 18.5 Å². The second-order valence-corrected chi connectivity index (χ2v) is 7.76. The van der Waals surface area contributed by atoms with Gasteiger partial charge in [0.2, 0.25) is 0 Å². The molecule has 0 atom stereocenters. The fraction of sp³-hybridized carbons (Fsp3) is 0.286. The van der Waals surface area contributed by atoms with Crippen LogP contribution in [0.15, 0.2) is 39.9 Å². The van der Waals surface area contributed by atoms with E-state index in [1.54, 1.807) is 30.3 Å². The average Bonchev–Trinajstić information content (AvgIpc) is 2.91. The maximum Gasteiger partial charge on any atom is 0.271 e. The van der Waals surface area contributed by atoms with Crippen molar-refractivity contribution < 1.29 is 8.42 Å². The van der Waals surface area contributed by atoms with Crippen LogP contribution < -0.4 is 10.0 Å². The number of anilines is 1. The number of hydrogen-bond donors (Lipinski definition) is 2. The third-order valence-corrected chi connectivity index (χ3v) is 5.95. The lowest BCUT2D eigenvalue weighted by Gasteiger charge is -2.07. The van der Waals surface area contributed by atoms with Gasteiger partial charge in [0.25, 0.3) is 10.0 Å². The number of nitrogens with one attached hydrogen (secondary N) is 2. The van der Waals surface area contributed by atoms with E-state index < -0.39 is 10.0 Å². The molecule has 4 nitrogen and oxygen atoms in total. The Morgan fingerprint density at radius 3 is 2.76 bits per heavy atom. The number of sulfonamides is 1. The third-order valence-electron chi connectivity index (χ3n) is 2.77. The molecule has 0 bridgehead atoms. The largest absolute Gasteiger partial charge is 0.313 e. The quantitative estimate of drug-likeness (QED) is 0.753. The Morgan fingerprint density at radius 1 is 1.29 bits per heavy atom. The molecule has 1 heterocycles. The fourth-order valence-corrected chi connectivity index (χ4v) is 4.26. The van der Waals surface area contributed by atoms with Crippen LogP contribution in [0.5, 0.6) is 0 Å². The van der Waals surface area contributed by atoms with Crippen molar-refractivity contribution in [2.45, 2.75) is 24.1 Å². The highest BCUT2D eigenvalue weighted by Gasteiger charge is 2.18. The van der Waals surface area contributed by atoms with Crippen molar-refractivity contribution in [3.05, 3.63) is 46.3 Å². The minimum absolute atomic E-state index is 0.288. The van der Waals surface area contributed by atoms with Crippen LogP contribution in [0.1, 0.15) is 18.9 Å². The van der Waals surface area contributed by atoms with Crippen molar-refractivity contribution in [1.82, 2.24) is 5.32 Å². The molecular formula is C14H17ClN2O2S2. The van der Waals surface area contributed by atoms with Gasteiger partial charge in [-0.25, -0.2) is 8.42 Å². The topological polar surface area (TPSA) is 58.2 Å². The lowest BCUT2D eigenvalue weighted by molar-refractivity contribution is 0.603. The van der Waals surface area contributed by atoms with Crippen LogP contribution in [-0.2, 0) is 16.6 Å². The van der Waals surface area contributed by atoms with E-state index in [9.17, 15) is 8.42 Å². The molecule has 0 fully saturated rings. The minimum Gasteiger partial charge on any atom is -0.313 e. The number of rotatable bonds is 7.